The number of phenolic OH excluding ortho intramolecular Hbond substituents is 1. The number of amides is 1. The molecule has 2 aromatic carbocycles. The van der Waals surface area contributed by atoms with Gasteiger partial charge < -0.3 is 9.84 Å². The van der Waals surface area contributed by atoms with Gasteiger partial charge in [-0.3, -0.25) is 4.79 Å². The minimum atomic E-state index is -0.212. The predicted molar refractivity (Wildman–Crippen MR) is 90.0 cm³/mol. The Morgan fingerprint density at radius 3 is 2.74 bits per heavy atom. The van der Waals surface area contributed by atoms with E-state index in [1.54, 1.807) is 19.2 Å². The predicted octanol–water partition coefficient (Wildman–Crippen LogP) is 2.71. The molecule has 0 bridgehead atoms. The van der Waals surface area contributed by atoms with Crippen LogP contribution >= 0.6 is 0 Å². The standard InChI is InChI=1S/C18H20N2O3/c1-12-4-5-14(13(2)8-12)10-18(22)20-19-11-15-9-16(23-3)6-7-17(15)21/h4-9,11,21H,10H2,1-3H3,(H,20,22)/b19-11-. The maximum Gasteiger partial charge on any atom is 0.244 e. The van der Waals surface area contributed by atoms with Crippen molar-refractivity contribution in [3.05, 3.63) is 58.7 Å². The van der Waals surface area contributed by atoms with Crippen LogP contribution in [0.25, 0.3) is 0 Å². The summed E-state index contributed by atoms with van der Waals surface area (Å²) >= 11 is 0. The number of rotatable bonds is 5. The van der Waals surface area contributed by atoms with Crippen LogP contribution in [0.1, 0.15) is 22.3 Å². The van der Waals surface area contributed by atoms with Crippen LogP contribution in [0.2, 0.25) is 0 Å². The number of hydrazone groups is 1. The monoisotopic (exact) mass is 312 g/mol. The van der Waals surface area contributed by atoms with Crippen LogP contribution in [0, 0.1) is 13.8 Å². The Kier molecular flexibility index (Phi) is 5.36. The van der Waals surface area contributed by atoms with Crippen LogP contribution in [0.5, 0.6) is 11.5 Å². The smallest absolute Gasteiger partial charge is 0.244 e. The Hall–Kier alpha value is -2.82. The number of nitrogens with one attached hydrogen (secondary N) is 1. The normalized spacial score (nSPS) is 10.7. The summed E-state index contributed by atoms with van der Waals surface area (Å²) in [7, 11) is 1.54. The Morgan fingerprint density at radius 2 is 2.04 bits per heavy atom. The molecule has 5 nitrogen and oxygen atoms in total. The Bertz CT molecular complexity index is 739. The first-order valence-electron chi connectivity index (χ1n) is 7.24. The molecule has 0 heterocycles. The lowest BCUT2D eigenvalue weighted by atomic mass is 10.0. The lowest BCUT2D eigenvalue weighted by Crippen LogP contribution is -2.20. The third kappa shape index (κ3) is 4.57. The fraction of sp³-hybridized carbons (Fsp3) is 0.222. The number of benzene rings is 2. The number of phenols is 1. The van der Waals surface area contributed by atoms with Gasteiger partial charge in [0.2, 0.25) is 5.91 Å². The maximum atomic E-state index is 11.9. The fourth-order valence-electron chi connectivity index (χ4n) is 2.19. The number of carbonyl (C=O) groups excluding carboxylic acids is 1. The molecule has 2 rings (SSSR count). The summed E-state index contributed by atoms with van der Waals surface area (Å²) in [4.78, 5) is 11.9. The molecular formula is C18H20N2O3. The molecular weight excluding hydrogens is 292 g/mol. The van der Waals surface area contributed by atoms with Gasteiger partial charge in [-0.1, -0.05) is 23.8 Å². The first-order valence-corrected chi connectivity index (χ1v) is 7.24. The van der Waals surface area contributed by atoms with E-state index in [0.717, 1.165) is 16.7 Å². The van der Waals surface area contributed by atoms with Gasteiger partial charge in [-0.05, 0) is 43.2 Å². The molecule has 1 amide bonds. The van der Waals surface area contributed by atoms with Gasteiger partial charge in [-0.15, -0.1) is 0 Å². The molecule has 0 aliphatic rings. The number of aromatic hydroxyl groups is 1. The van der Waals surface area contributed by atoms with Crippen LogP contribution in [0.15, 0.2) is 41.5 Å². The topological polar surface area (TPSA) is 70.9 Å². The van der Waals surface area contributed by atoms with Crippen LogP contribution in [-0.4, -0.2) is 24.3 Å². The van der Waals surface area contributed by atoms with Gasteiger partial charge in [0.25, 0.3) is 0 Å². The first kappa shape index (κ1) is 16.5. The molecule has 0 aliphatic carbocycles. The van der Waals surface area contributed by atoms with E-state index >= 15 is 0 Å². The third-order valence-corrected chi connectivity index (χ3v) is 3.48. The summed E-state index contributed by atoms with van der Waals surface area (Å²) in [6.45, 7) is 3.99. The van der Waals surface area contributed by atoms with Crippen molar-refractivity contribution in [2.45, 2.75) is 20.3 Å². The second-order valence-electron chi connectivity index (χ2n) is 5.32. The van der Waals surface area contributed by atoms with Crippen LogP contribution < -0.4 is 10.2 Å². The highest BCUT2D eigenvalue weighted by Crippen LogP contribution is 2.20. The summed E-state index contributed by atoms with van der Waals surface area (Å²) in [5.74, 6) is 0.458. The average molecular weight is 312 g/mol. The van der Waals surface area contributed by atoms with Crippen LogP contribution in [0.4, 0.5) is 0 Å². The summed E-state index contributed by atoms with van der Waals surface area (Å²) in [5, 5.41) is 13.6. The van der Waals surface area contributed by atoms with Crippen molar-refractivity contribution in [2.24, 2.45) is 5.10 Å². The second-order valence-corrected chi connectivity index (χ2v) is 5.32. The number of hydrogen-bond acceptors (Lipinski definition) is 4. The van der Waals surface area contributed by atoms with E-state index in [1.807, 2.05) is 32.0 Å². The molecule has 0 aliphatic heterocycles. The zero-order valence-electron chi connectivity index (χ0n) is 13.5. The van der Waals surface area contributed by atoms with E-state index in [9.17, 15) is 9.90 Å². The summed E-state index contributed by atoms with van der Waals surface area (Å²) in [6, 6.07) is 10.8. The largest absolute Gasteiger partial charge is 0.507 e. The van der Waals surface area contributed by atoms with Crippen molar-refractivity contribution in [3.8, 4) is 11.5 Å². The van der Waals surface area contributed by atoms with Crippen LogP contribution in [0.3, 0.4) is 0 Å². The first-order chi connectivity index (χ1) is 11.0. The highest BCUT2D eigenvalue weighted by Gasteiger charge is 2.05. The van der Waals surface area contributed by atoms with Gasteiger partial charge >= 0.3 is 0 Å². The molecule has 5 heteroatoms. The van der Waals surface area contributed by atoms with Gasteiger partial charge in [-0.25, -0.2) is 5.43 Å². The van der Waals surface area contributed by atoms with Crippen molar-refractivity contribution in [2.75, 3.05) is 7.11 Å². The Labute approximate surface area is 135 Å². The lowest BCUT2D eigenvalue weighted by molar-refractivity contribution is -0.120. The number of carbonyl (C=O) groups is 1. The van der Waals surface area contributed by atoms with E-state index in [-0.39, 0.29) is 18.1 Å². The minimum absolute atomic E-state index is 0.0678. The number of ether oxygens (including phenoxy) is 1. The molecule has 0 unspecified atom stereocenters. The number of nitrogens with zero attached hydrogens (tertiary/aromatic N) is 1. The Balaban J connectivity index is 1.98. The van der Waals surface area contributed by atoms with E-state index in [1.165, 1.54) is 12.3 Å². The van der Waals surface area contributed by atoms with Crippen molar-refractivity contribution in [1.82, 2.24) is 5.43 Å². The Morgan fingerprint density at radius 1 is 1.26 bits per heavy atom. The molecule has 2 aromatic rings. The molecule has 0 spiro atoms. The van der Waals surface area contributed by atoms with Crippen molar-refractivity contribution >= 4 is 12.1 Å². The fourth-order valence-corrected chi connectivity index (χ4v) is 2.19. The SMILES string of the molecule is COc1ccc(O)c(/C=N\NC(=O)Cc2ccc(C)cc2C)c1. The molecule has 0 radical (unpaired) electrons. The van der Waals surface area contributed by atoms with Crippen molar-refractivity contribution in [1.29, 1.82) is 0 Å². The summed E-state index contributed by atoms with van der Waals surface area (Å²) in [6.07, 6.45) is 1.64. The van der Waals surface area contributed by atoms with Gasteiger partial charge in [0.15, 0.2) is 0 Å². The van der Waals surface area contributed by atoms with E-state index in [4.69, 9.17) is 4.74 Å². The maximum absolute atomic E-state index is 11.9. The second kappa shape index (κ2) is 7.45. The quantitative estimate of drug-likeness (QED) is 0.659. The van der Waals surface area contributed by atoms with Gasteiger partial charge in [0.1, 0.15) is 11.5 Å². The molecule has 23 heavy (non-hydrogen) atoms. The van der Waals surface area contributed by atoms with Gasteiger partial charge in [0.05, 0.1) is 19.7 Å². The number of methoxy groups -OCH3 is 1. The van der Waals surface area contributed by atoms with Crippen molar-refractivity contribution in [3.63, 3.8) is 0 Å². The number of hydrogen-bond donors (Lipinski definition) is 2. The summed E-state index contributed by atoms with van der Waals surface area (Å²) < 4.78 is 5.08. The summed E-state index contributed by atoms with van der Waals surface area (Å²) in [5.41, 5.74) is 6.14. The molecule has 2 N–H and O–H groups in total. The number of aryl methyl sites for hydroxylation is 2. The molecule has 120 valence electrons. The molecule has 0 saturated carbocycles. The minimum Gasteiger partial charge on any atom is -0.507 e. The average Bonchev–Trinajstić information content (AvgIpc) is 2.52. The molecule has 0 saturated heterocycles. The third-order valence-electron chi connectivity index (χ3n) is 3.48. The van der Waals surface area contributed by atoms with Crippen molar-refractivity contribution < 1.29 is 14.6 Å². The lowest BCUT2D eigenvalue weighted by Gasteiger charge is -2.06. The van der Waals surface area contributed by atoms with E-state index in [2.05, 4.69) is 10.5 Å². The van der Waals surface area contributed by atoms with Gasteiger partial charge in [-0.2, -0.15) is 5.10 Å². The molecule has 0 fully saturated rings. The zero-order valence-corrected chi connectivity index (χ0v) is 13.5. The van der Waals surface area contributed by atoms with Gasteiger partial charge in [0, 0.05) is 5.56 Å². The highest BCUT2D eigenvalue weighted by atomic mass is 16.5. The molecule has 0 aromatic heterocycles. The van der Waals surface area contributed by atoms with E-state index in [0.29, 0.717) is 11.3 Å². The van der Waals surface area contributed by atoms with E-state index < -0.39 is 0 Å². The highest BCUT2D eigenvalue weighted by molar-refractivity contribution is 5.86. The molecule has 0 atom stereocenters. The van der Waals surface area contributed by atoms with Crippen LogP contribution in [-0.2, 0) is 11.2 Å². The zero-order chi connectivity index (χ0) is 16.8.